The van der Waals surface area contributed by atoms with Gasteiger partial charge >= 0.3 is 6.18 Å². The van der Waals surface area contributed by atoms with Gasteiger partial charge in [-0.3, -0.25) is 0 Å². The van der Waals surface area contributed by atoms with E-state index in [9.17, 15) is 13.2 Å². The lowest BCUT2D eigenvalue weighted by Gasteiger charge is -2.12. The fraction of sp³-hybridized carbons (Fsp3) is 0.286. The van der Waals surface area contributed by atoms with Gasteiger partial charge in [0.2, 0.25) is 0 Å². The Kier molecular flexibility index (Phi) is 5.02. The number of hydrogen-bond acceptors (Lipinski definition) is 3. The second-order valence-corrected chi connectivity index (χ2v) is 5.46. The largest absolute Gasteiger partial charge is 0.389 e. The number of benzene rings is 1. The maximum absolute atomic E-state index is 12.4. The van der Waals surface area contributed by atoms with Crippen molar-refractivity contribution in [2.24, 2.45) is 0 Å². The van der Waals surface area contributed by atoms with Crippen LogP contribution in [0.1, 0.15) is 12.2 Å². The fourth-order valence-corrected chi connectivity index (χ4v) is 2.63. The Bertz CT molecular complexity index is 615. The molecule has 0 spiro atoms. The van der Waals surface area contributed by atoms with Gasteiger partial charge in [-0.1, -0.05) is 30.3 Å². The molecule has 1 aromatic heterocycles. The van der Waals surface area contributed by atoms with Crippen molar-refractivity contribution in [3.63, 3.8) is 0 Å². The normalized spacial score (nSPS) is 11.5. The van der Waals surface area contributed by atoms with Crippen LogP contribution in [-0.4, -0.2) is 23.2 Å². The summed E-state index contributed by atoms with van der Waals surface area (Å²) in [6, 6.07) is 9.35. The van der Waals surface area contributed by atoms with E-state index in [1.165, 1.54) is 0 Å². The molecule has 0 amide bonds. The number of halogens is 4. The van der Waals surface area contributed by atoms with Crippen LogP contribution in [0, 0.1) is 3.57 Å². The van der Waals surface area contributed by atoms with E-state index in [1.807, 2.05) is 30.3 Å². The Hall–Kier alpha value is -1.38. The van der Waals surface area contributed by atoms with Gasteiger partial charge in [-0.2, -0.15) is 13.2 Å². The average Bonchev–Trinajstić information content (AvgIpc) is 2.46. The molecule has 0 fully saturated rings. The van der Waals surface area contributed by atoms with Gasteiger partial charge in [-0.05, 0) is 22.6 Å². The highest BCUT2D eigenvalue weighted by atomic mass is 127. The summed E-state index contributed by atoms with van der Waals surface area (Å²) in [5, 5.41) is 2.90. The topological polar surface area (TPSA) is 37.8 Å². The lowest BCUT2D eigenvalue weighted by Crippen LogP contribution is -2.12. The zero-order valence-corrected chi connectivity index (χ0v) is 13.4. The van der Waals surface area contributed by atoms with Crippen LogP contribution in [0.4, 0.5) is 19.0 Å². The standard InChI is InChI=1S/C14H13F3IN3/c1-19-13-11(18)12(9-5-3-2-4-6-9)20-10(21-13)7-8-14(15,16)17/h2-6H,7-8H2,1H3,(H,19,20,21). The summed E-state index contributed by atoms with van der Waals surface area (Å²) in [5.74, 6) is 0.734. The van der Waals surface area contributed by atoms with Crippen LogP contribution in [0.5, 0.6) is 0 Å². The summed E-state index contributed by atoms with van der Waals surface area (Å²) in [6.45, 7) is 0. The van der Waals surface area contributed by atoms with Crippen LogP contribution < -0.4 is 5.32 Å². The Morgan fingerprint density at radius 1 is 1.14 bits per heavy atom. The minimum Gasteiger partial charge on any atom is -0.372 e. The molecule has 2 rings (SSSR count). The molecule has 0 aliphatic carbocycles. The van der Waals surface area contributed by atoms with Gasteiger partial charge in [0.15, 0.2) is 0 Å². The van der Waals surface area contributed by atoms with Gasteiger partial charge in [0.1, 0.15) is 11.6 Å². The molecule has 0 aliphatic rings. The molecule has 1 heterocycles. The Balaban J connectivity index is 2.40. The van der Waals surface area contributed by atoms with Gasteiger partial charge in [-0.25, -0.2) is 9.97 Å². The highest BCUT2D eigenvalue weighted by Gasteiger charge is 2.27. The van der Waals surface area contributed by atoms with Gasteiger partial charge in [0.05, 0.1) is 15.7 Å². The quantitative estimate of drug-likeness (QED) is 0.769. The second-order valence-electron chi connectivity index (χ2n) is 4.38. The summed E-state index contributed by atoms with van der Waals surface area (Å²) >= 11 is 2.10. The van der Waals surface area contributed by atoms with E-state index >= 15 is 0 Å². The van der Waals surface area contributed by atoms with Crippen molar-refractivity contribution in [3.8, 4) is 11.3 Å². The summed E-state index contributed by atoms with van der Waals surface area (Å²) in [4.78, 5) is 8.45. The molecule has 0 saturated carbocycles. The highest BCUT2D eigenvalue weighted by Crippen LogP contribution is 2.29. The van der Waals surface area contributed by atoms with Gasteiger partial charge < -0.3 is 5.32 Å². The first kappa shape index (κ1) is 16.0. The third kappa shape index (κ3) is 4.29. The maximum Gasteiger partial charge on any atom is 0.389 e. The highest BCUT2D eigenvalue weighted by molar-refractivity contribution is 14.1. The van der Waals surface area contributed by atoms with Crippen LogP contribution in [0.15, 0.2) is 30.3 Å². The number of rotatable bonds is 4. The van der Waals surface area contributed by atoms with E-state index < -0.39 is 12.6 Å². The molecule has 1 aromatic carbocycles. The molecule has 3 nitrogen and oxygen atoms in total. The molecular weight excluding hydrogens is 394 g/mol. The van der Waals surface area contributed by atoms with Gasteiger partial charge in [0, 0.05) is 19.0 Å². The molecular formula is C14H13F3IN3. The molecule has 7 heteroatoms. The van der Waals surface area contributed by atoms with E-state index in [1.54, 1.807) is 7.05 Å². The lowest BCUT2D eigenvalue weighted by molar-refractivity contribution is -0.134. The Morgan fingerprint density at radius 3 is 2.38 bits per heavy atom. The van der Waals surface area contributed by atoms with Crippen molar-refractivity contribution >= 4 is 28.4 Å². The van der Waals surface area contributed by atoms with Crippen LogP contribution >= 0.6 is 22.6 Å². The molecule has 0 bridgehead atoms. The van der Waals surface area contributed by atoms with Crippen LogP contribution in [0.3, 0.4) is 0 Å². The molecule has 2 aromatic rings. The number of aryl methyl sites for hydroxylation is 1. The molecule has 112 valence electrons. The summed E-state index contributed by atoms with van der Waals surface area (Å²) in [6.07, 6.45) is -5.36. The number of alkyl halides is 3. The molecule has 0 unspecified atom stereocenters. The van der Waals surface area contributed by atoms with Crippen molar-refractivity contribution in [2.45, 2.75) is 19.0 Å². The first-order chi connectivity index (χ1) is 9.90. The van der Waals surface area contributed by atoms with Gasteiger partial charge in [0.25, 0.3) is 0 Å². The predicted octanol–water partition coefficient (Wildman–Crippen LogP) is 4.28. The number of hydrogen-bond donors (Lipinski definition) is 1. The van der Waals surface area contributed by atoms with E-state index in [2.05, 4.69) is 37.9 Å². The van der Waals surface area contributed by atoms with Crippen molar-refractivity contribution in [2.75, 3.05) is 12.4 Å². The number of nitrogens with zero attached hydrogens (tertiary/aromatic N) is 2. The Morgan fingerprint density at radius 2 is 1.81 bits per heavy atom. The molecule has 1 N–H and O–H groups in total. The summed E-state index contributed by atoms with van der Waals surface area (Å²) in [5.41, 5.74) is 1.50. The lowest BCUT2D eigenvalue weighted by atomic mass is 10.1. The van der Waals surface area contributed by atoms with E-state index in [0.29, 0.717) is 11.5 Å². The molecule has 0 radical (unpaired) electrons. The number of nitrogens with one attached hydrogen (secondary N) is 1. The second kappa shape index (κ2) is 6.59. The average molecular weight is 407 g/mol. The van der Waals surface area contributed by atoms with Crippen molar-refractivity contribution in [1.29, 1.82) is 0 Å². The van der Waals surface area contributed by atoms with Crippen molar-refractivity contribution < 1.29 is 13.2 Å². The van der Waals surface area contributed by atoms with Crippen LogP contribution in [0.2, 0.25) is 0 Å². The minimum absolute atomic E-state index is 0.191. The van der Waals surface area contributed by atoms with Gasteiger partial charge in [-0.15, -0.1) is 0 Å². The zero-order valence-electron chi connectivity index (χ0n) is 11.2. The molecule has 21 heavy (non-hydrogen) atoms. The maximum atomic E-state index is 12.4. The fourth-order valence-electron chi connectivity index (χ4n) is 1.81. The third-order valence-electron chi connectivity index (χ3n) is 2.81. The van der Waals surface area contributed by atoms with Crippen LogP contribution in [0.25, 0.3) is 11.3 Å². The summed E-state index contributed by atoms with van der Waals surface area (Å²) in [7, 11) is 1.69. The summed E-state index contributed by atoms with van der Waals surface area (Å²) < 4.78 is 37.9. The van der Waals surface area contributed by atoms with E-state index in [4.69, 9.17) is 0 Å². The van der Waals surface area contributed by atoms with Crippen molar-refractivity contribution in [3.05, 3.63) is 39.7 Å². The SMILES string of the molecule is CNc1nc(CCC(F)(F)F)nc(-c2ccccc2)c1I. The molecule has 0 saturated heterocycles. The zero-order chi connectivity index (χ0) is 15.5. The smallest absolute Gasteiger partial charge is 0.372 e. The van der Waals surface area contributed by atoms with E-state index in [0.717, 1.165) is 9.13 Å². The Labute approximate surface area is 134 Å². The van der Waals surface area contributed by atoms with E-state index in [-0.39, 0.29) is 12.2 Å². The van der Waals surface area contributed by atoms with Crippen molar-refractivity contribution in [1.82, 2.24) is 9.97 Å². The number of anilines is 1. The number of aromatic nitrogens is 2. The monoisotopic (exact) mass is 407 g/mol. The first-order valence-electron chi connectivity index (χ1n) is 6.27. The molecule has 0 aliphatic heterocycles. The predicted molar refractivity (Wildman–Crippen MR) is 84.1 cm³/mol. The minimum atomic E-state index is -4.21. The third-order valence-corrected chi connectivity index (χ3v) is 3.84. The molecule has 0 atom stereocenters. The first-order valence-corrected chi connectivity index (χ1v) is 7.35. The van der Waals surface area contributed by atoms with Crippen LogP contribution in [-0.2, 0) is 6.42 Å².